The van der Waals surface area contributed by atoms with E-state index in [0.29, 0.717) is 29.1 Å². The summed E-state index contributed by atoms with van der Waals surface area (Å²) in [6.07, 6.45) is 2.32. The van der Waals surface area contributed by atoms with Crippen LogP contribution in [0, 0.1) is 0 Å². The van der Waals surface area contributed by atoms with Crippen molar-refractivity contribution in [1.82, 2.24) is 4.72 Å². The lowest BCUT2D eigenvalue weighted by Crippen LogP contribution is -2.12. The molecule has 0 spiro atoms. The van der Waals surface area contributed by atoms with E-state index in [9.17, 15) is 4.79 Å². The number of aldehydes is 1. The van der Waals surface area contributed by atoms with E-state index >= 15 is 0 Å². The van der Waals surface area contributed by atoms with Crippen molar-refractivity contribution in [3.8, 4) is 0 Å². The molecule has 82 valence electrons. The Kier molecular flexibility index (Phi) is 4.92. The number of hydrogen-bond acceptors (Lipinski definition) is 5. The van der Waals surface area contributed by atoms with Gasteiger partial charge in [-0.3, -0.25) is 4.79 Å². The summed E-state index contributed by atoms with van der Waals surface area (Å²) in [4.78, 5) is 10.5. The van der Waals surface area contributed by atoms with Gasteiger partial charge < -0.3 is 9.14 Å². The second-order valence-electron chi connectivity index (χ2n) is 2.59. The number of allylic oxidation sites excluding steroid dienone is 2. The van der Waals surface area contributed by atoms with Gasteiger partial charge in [0.25, 0.3) is 0 Å². The molecule has 2 radical (unpaired) electrons. The first-order valence-corrected chi connectivity index (χ1v) is 5.59. The standard InChI is InChI=1S/C8H5BN2O2S.C2H6/c9-8-2-1-7(13-8)6-3-5(4-12)10-14-11-6;1-2/h1-4,10H;1-2H3. The van der Waals surface area contributed by atoms with Crippen LogP contribution in [-0.4, -0.2) is 19.8 Å². The molecule has 1 N–H and O–H groups in total. The van der Waals surface area contributed by atoms with E-state index in [1.807, 2.05) is 13.8 Å². The molecule has 2 heterocycles. The van der Waals surface area contributed by atoms with Gasteiger partial charge >= 0.3 is 0 Å². The molecule has 0 bridgehead atoms. The van der Waals surface area contributed by atoms with Crippen LogP contribution in [0.4, 0.5) is 0 Å². The molecule has 16 heavy (non-hydrogen) atoms. The van der Waals surface area contributed by atoms with E-state index < -0.39 is 0 Å². The third kappa shape index (κ3) is 3.03. The van der Waals surface area contributed by atoms with Gasteiger partial charge in [0.1, 0.15) is 5.71 Å². The lowest BCUT2D eigenvalue weighted by atomic mass is 10.1. The van der Waals surface area contributed by atoms with Crippen molar-refractivity contribution in [2.24, 2.45) is 4.40 Å². The number of carbonyl (C=O) groups is 1. The first-order chi connectivity index (χ1) is 7.79. The zero-order valence-electron chi connectivity index (χ0n) is 9.06. The molecule has 2 rings (SSSR count). The zero-order chi connectivity index (χ0) is 12.0. The smallest absolute Gasteiger partial charge is 0.167 e. The Balaban J connectivity index is 0.000000606. The molecule has 4 nitrogen and oxygen atoms in total. The second kappa shape index (κ2) is 6.22. The number of hydrogen-bond donors (Lipinski definition) is 1. The first kappa shape index (κ1) is 12.6. The van der Waals surface area contributed by atoms with Crippen LogP contribution in [0.3, 0.4) is 0 Å². The fourth-order valence-electron chi connectivity index (χ4n) is 0.992. The number of carbonyl (C=O) groups excluding carboxylic acids is 1. The monoisotopic (exact) mass is 234 g/mol. The van der Waals surface area contributed by atoms with Crippen LogP contribution < -0.4 is 10.4 Å². The van der Waals surface area contributed by atoms with Gasteiger partial charge in [0.15, 0.2) is 19.9 Å². The normalized spacial score (nSPS) is 13.9. The highest BCUT2D eigenvalue weighted by molar-refractivity contribution is 7.96. The van der Waals surface area contributed by atoms with Crippen molar-refractivity contribution in [2.45, 2.75) is 13.8 Å². The van der Waals surface area contributed by atoms with Gasteiger partial charge in [0.05, 0.1) is 17.8 Å². The summed E-state index contributed by atoms with van der Waals surface area (Å²) in [5.41, 5.74) is 1.37. The molecule has 0 unspecified atom stereocenters. The molecular weight excluding hydrogens is 223 g/mol. The molecule has 0 aliphatic carbocycles. The third-order valence-electron chi connectivity index (χ3n) is 1.61. The van der Waals surface area contributed by atoms with E-state index in [1.54, 1.807) is 18.2 Å². The molecule has 0 atom stereocenters. The fraction of sp³-hybridized carbons (Fsp3) is 0.200. The van der Waals surface area contributed by atoms with E-state index in [0.717, 1.165) is 12.1 Å². The lowest BCUT2D eigenvalue weighted by molar-refractivity contribution is -0.105. The lowest BCUT2D eigenvalue weighted by Gasteiger charge is -2.07. The van der Waals surface area contributed by atoms with Crippen LogP contribution >= 0.6 is 12.1 Å². The summed E-state index contributed by atoms with van der Waals surface area (Å²) < 4.78 is 11.9. The van der Waals surface area contributed by atoms with Gasteiger partial charge in [-0.25, -0.2) is 0 Å². The number of furan rings is 1. The predicted molar refractivity (Wildman–Crippen MR) is 66.9 cm³/mol. The summed E-state index contributed by atoms with van der Waals surface area (Å²) in [6.45, 7) is 4.00. The fourth-order valence-corrected chi connectivity index (χ4v) is 1.49. The summed E-state index contributed by atoms with van der Waals surface area (Å²) in [5, 5.41) is 0. The van der Waals surface area contributed by atoms with E-state index in [-0.39, 0.29) is 0 Å². The SMILES string of the molecule is CC.[B]c1ccc(C2=NSNC(C=O)=C2)o1. The average molecular weight is 234 g/mol. The molecule has 0 saturated carbocycles. The van der Waals surface area contributed by atoms with Gasteiger partial charge in [0, 0.05) is 5.66 Å². The summed E-state index contributed by atoms with van der Waals surface area (Å²) >= 11 is 1.08. The molecule has 0 aromatic carbocycles. The minimum atomic E-state index is 0.326. The Morgan fingerprint density at radius 1 is 1.50 bits per heavy atom. The maximum absolute atomic E-state index is 10.5. The topological polar surface area (TPSA) is 54.6 Å². The van der Waals surface area contributed by atoms with E-state index in [2.05, 4.69) is 9.12 Å². The highest BCUT2D eigenvalue weighted by Gasteiger charge is 2.11. The molecule has 0 saturated heterocycles. The van der Waals surface area contributed by atoms with Gasteiger partial charge in [0.2, 0.25) is 0 Å². The van der Waals surface area contributed by atoms with Gasteiger partial charge in [-0.2, -0.15) is 4.40 Å². The Hall–Kier alpha value is -1.43. The summed E-state index contributed by atoms with van der Waals surface area (Å²) in [5.74, 6) is 0.552. The summed E-state index contributed by atoms with van der Waals surface area (Å²) in [7, 11) is 5.42. The van der Waals surface area contributed by atoms with Crippen molar-refractivity contribution in [3.63, 3.8) is 0 Å². The van der Waals surface area contributed by atoms with Crippen molar-refractivity contribution in [3.05, 3.63) is 29.7 Å². The number of nitrogens with one attached hydrogen (secondary N) is 1. The van der Waals surface area contributed by atoms with Crippen LogP contribution in [0.5, 0.6) is 0 Å². The second-order valence-corrected chi connectivity index (χ2v) is 3.16. The summed E-state index contributed by atoms with van der Waals surface area (Å²) in [6, 6.07) is 3.35. The Bertz CT molecular complexity index is 426. The average Bonchev–Trinajstić information content (AvgIpc) is 2.79. The molecular formula is C10H11BN2O2S. The predicted octanol–water partition coefficient (Wildman–Crippen LogP) is 1.14. The van der Waals surface area contributed by atoms with E-state index in [1.165, 1.54) is 0 Å². The molecule has 0 amide bonds. The molecule has 1 aromatic rings. The molecule has 0 fully saturated rings. The molecule has 1 aliphatic heterocycles. The third-order valence-corrected chi connectivity index (χ3v) is 2.22. The van der Waals surface area contributed by atoms with Crippen LogP contribution in [0.25, 0.3) is 0 Å². The van der Waals surface area contributed by atoms with E-state index in [4.69, 9.17) is 12.3 Å². The van der Waals surface area contributed by atoms with Crippen LogP contribution in [0.2, 0.25) is 0 Å². The van der Waals surface area contributed by atoms with Gasteiger partial charge in [-0.15, -0.1) is 0 Å². The minimum absolute atomic E-state index is 0.326. The quantitative estimate of drug-likeness (QED) is 0.473. The van der Waals surface area contributed by atoms with Crippen molar-refractivity contribution in [1.29, 1.82) is 0 Å². The molecule has 1 aromatic heterocycles. The zero-order valence-corrected chi connectivity index (χ0v) is 9.88. The maximum Gasteiger partial charge on any atom is 0.167 e. The Morgan fingerprint density at radius 2 is 2.25 bits per heavy atom. The van der Waals surface area contributed by atoms with Crippen molar-refractivity contribution in [2.75, 3.05) is 0 Å². The van der Waals surface area contributed by atoms with Crippen LogP contribution in [0.15, 0.2) is 32.7 Å². The molecule has 6 heteroatoms. The van der Waals surface area contributed by atoms with Crippen molar-refractivity contribution < 1.29 is 9.21 Å². The Labute approximate surface area is 99.9 Å². The highest BCUT2D eigenvalue weighted by atomic mass is 32.2. The van der Waals surface area contributed by atoms with Crippen LogP contribution in [-0.2, 0) is 4.79 Å². The minimum Gasteiger partial charge on any atom is -0.471 e. The maximum atomic E-state index is 10.5. The first-order valence-electron chi connectivity index (χ1n) is 4.82. The number of nitrogens with zero attached hydrogens (tertiary/aromatic N) is 1. The van der Waals surface area contributed by atoms with Crippen LogP contribution in [0.1, 0.15) is 19.6 Å². The van der Waals surface area contributed by atoms with Gasteiger partial charge in [-0.05, 0) is 18.2 Å². The number of rotatable bonds is 2. The van der Waals surface area contributed by atoms with Gasteiger partial charge in [-0.1, -0.05) is 13.8 Å². The largest absolute Gasteiger partial charge is 0.471 e. The van der Waals surface area contributed by atoms with Crippen molar-refractivity contribution >= 4 is 37.6 Å². The molecule has 1 aliphatic rings. The highest BCUT2D eigenvalue weighted by Crippen LogP contribution is 2.13. The Morgan fingerprint density at radius 3 is 2.81 bits per heavy atom.